The van der Waals surface area contributed by atoms with Crippen molar-refractivity contribution in [1.82, 2.24) is 10.2 Å². The Balaban J connectivity index is 1.78. The van der Waals surface area contributed by atoms with E-state index in [-0.39, 0.29) is 5.92 Å². The number of amides is 1. The van der Waals surface area contributed by atoms with Crippen molar-refractivity contribution in [3.63, 3.8) is 0 Å². The molecule has 3 rings (SSSR count). The molecular weight excluding hydrogens is 248 g/mol. The van der Waals surface area contributed by atoms with Crippen molar-refractivity contribution >= 4 is 5.91 Å². The molecule has 2 fully saturated rings. The summed E-state index contributed by atoms with van der Waals surface area (Å²) < 4.78 is 0. The van der Waals surface area contributed by atoms with Crippen LogP contribution in [0.5, 0.6) is 0 Å². The largest absolute Gasteiger partial charge is 0.335 e. The number of carbonyl (C=O) groups is 1. The predicted molar refractivity (Wildman–Crippen MR) is 80.4 cm³/mol. The molecule has 1 amide bonds. The first kappa shape index (κ1) is 13.6. The highest BCUT2D eigenvalue weighted by molar-refractivity contribution is 5.80. The molecule has 0 saturated carbocycles. The van der Waals surface area contributed by atoms with Gasteiger partial charge in [-0.1, -0.05) is 31.2 Å². The lowest BCUT2D eigenvalue weighted by atomic mass is 9.87. The number of hydrogen-bond donors (Lipinski definition) is 1. The molecule has 20 heavy (non-hydrogen) atoms. The van der Waals surface area contributed by atoms with Crippen LogP contribution in [0.2, 0.25) is 0 Å². The molecule has 0 bridgehead atoms. The molecule has 0 spiro atoms. The summed E-state index contributed by atoms with van der Waals surface area (Å²) in [7, 11) is 0. The van der Waals surface area contributed by atoms with Crippen LogP contribution >= 0.6 is 0 Å². The lowest BCUT2D eigenvalue weighted by Gasteiger charge is -2.36. The lowest BCUT2D eigenvalue weighted by molar-refractivity contribution is -0.138. The zero-order valence-electron chi connectivity index (χ0n) is 12.4. The van der Waals surface area contributed by atoms with E-state index in [4.69, 9.17) is 0 Å². The highest BCUT2D eigenvalue weighted by Gasteiger charge is 2.37. The summed E-state index contributed by atoms with van der Waals surface area (Å²) in [6.45, 7) is 7.16. The third-order valence-corrected chi connectivity index (χ3v) is 4.99. The molecule has 2 heterocycles. The Kier molecular flexibility index (Phi) is 3.79. The minimum absolute atomic E-state index is 0.154. The molecular formula is C17H24N2O. The van der Waals surface area contributed by atoms with Crippen LogP contribution in [0.25, 0.3) is 0 Å². The number of aryl methyl sites for hydroxylation is 1. The lowest BCUT2D eigenvalue weighted by Crippen LogP contribution is -2.50. The minimum Gasteiger partial charge on any atom is -0.335 e. The number of benzene rings is 1. The van der Waals surface area contributed by atoms with Crippen LogP contribution in [0, 0.1) is 18.8 Å². The Bertz CT molecular complexity index is 496. The van der Waals surface area contributed by atoms with E-state index in [9.17, 15) is 4.79 Å². The predicted octanol–water partition coefficient (Wildman–Crippen LogP) is 2.51. The number of nitrogens with zero attached hydrogens (tertiary/aromatic N) is 1. The Morgan fingerprint density at radius 2 is 2.10 bits per heavy atom. The molecule has 0 radical (unpaired) electrons. The second-order valence-electron chi connectivity index (χ2n) is 6.25. The molecule has 2 unspecified atom stereocenters. The molecule has 3 nitrogen and oxygen atoms in total. The fourth-order valence-electron chi connectivity index (χ4n) is 3.44. The van der Waals surface area contributed by atoms with E-state index in [2.05, 4.69) is 48.3 Å². The molecule has 108 valence electrons. The average Bonchev–Trinajstić information content (AvgIpc) is 2.85. The molecule has 1 aromatic carbocycles. The first-order chi connectivity index (χ1) is 9.68. The van der Waals surface area contributed by atoms with E-state index in [1.165, 1.54) is 11.1 Å². The zero-order chi connectivity index (χ0) is 14.1. The summed E-state index contributed by atoms with van der Waals surface area (Å²) >= 11 is 0. The topological polar surface area (TPSA) is 32.3 Å². The van der Waals surface area contributed by atoms with Crippen LogP contribution in [-0.4, -0.2) is 30.4 Å². The van der Waals surface area contributed by atoms with Gasteiger partial charge in [0.2, 0.25) is 5.91 Å². The van der Waals surface area contributed by atoms with Crippen molar-refractivity contribution in [3.8, 4) is 0 Å². The second-order valence-corrected chi connectivity index (χ2v) is 6.25. The molecule has 2 atom stereocenters. The SMILES string of the molecule is Cc1ccccc1C1CCCN1C(=O)C(C)C1CNC1. The van der Waals surface area contributed by atoms with Gasteiger partial charge in [-0.2, -0.15) is 0 Å². The molecule has 1 N–H and O–H groups in total. The van der Waals surface area contributed by atoms with E-state index in [1.807, 2.05) is 0 Å². The summed E-state index contributed by atoms with van der Waals surface area (Å²) in [4.78, 5) is 14.9. The van der Waals surface area contributed by atoms with Crippen LogP contribution in [0.1, 0.15) is 36.9 Å². The second kappa shape index (κ2) is 5.57. The van der Waals surface area contributed by atoms with Gasteiger partial charge in [0.25, 0.3) is 0 Å². The van der Waals surface area contributed by atoms with Crippen LogP contribution in [0.3, 0.4) is 0 Å². The van der Waals surface area contributed by atoms with Gasteiger partial charge in [-0.05, 0) is 49.9 Å². The Labute approximate surface area is 121 Å². The highest BCUT2D eigenvalue weighted by atomic mass is 16.2. The van der Waals surface area contributed by atoms with Crippen molar-refractivity contribution in [2.45, 2.75) is 32.7 Å². The fraction of sp³-hybridized carbons (Fsp3) is 0.588. The van der Waals surface area contributed by atoms with Crippen molar-refractivity contribution in [2.24, 2.45) is 11.8 Å². The summed E-state index contributed by atoms with van der Waals surface area (Å²) in [6.07, 6.45) is 2.23. The molecule has 0 aliphatic carbocycles. The monoisotopic (exact) mass is 272 g/mol. The van der Waals surface area contributed by atoms with Crippen molar-refractivity contribution in [2.75, 3.05) is 19.6 Å². The van der Waals surface area contributed by atoms with Gasteiger partial charge in [0, 0.05) is 12.5 Å². The quantitative estimate of drug-likeness (QED) is 0.917. The smallest absolute Gasteiger partial charge is 0.226 e. The van der Waals surface area contributed by atoms with Crippen LogP contribution in [0.15, 0.2) is 24.3 Å². The van der Waals surface area contributed by atoms with Gasteiger partial charge in [0.15, 0.2) is 0 Å². The molecule has 2 aliphatic heterocycles. The van der Waals surface area contributed by atoms with E-state index < -0.39 is 0 Å². The van der Waals surface area contributed by atoms with Gasteiger partial charge >= 0.3 is 0 Å². The van der Waals surface area contributed by atoms with Gasteiger partial charge in [-0.25, -0.2) is 0 Å². The summed E-state index contributed by atoms with van der Waals surface area (Å²) in [5, 5.41) is 3.27. The van der Waals surface area contributed by atoms with Crippen molar-refractivity contribution < 1.29 is 4.79 Å². The average molecular weight is 272 g/mol. The summed E-state index contributed by atoms with van der Waals surface area (Å²) in [5.41, 5.74) is 2.63. The maximum absolute atomic E-state index is 12.8. The number of carbonyl (C=O) groups excluding carboxylic acids is 1. The summed E-state index contributed by atoms with van der Waals surface area (Å²) in [6, 6.07) is 8.78. The van der Waals surface area contributed by atoms with Crippen molar-refractivity contribution in [1.29, 1.82) is 0 Å². The van der Waals surface area contributed by atoms with Gasteiger partial charge in [0.05, 0.1) is 6.04 Å². The molecule has 1 aromatic rings. The molecule has 3 heteroatoms. The van der Waals surface area contributed by atoms with Gasteiger partial charge in [-0.3, -0.25) is 4.79 Å². The number of likely N-dealkylation sites (tertiary alicyclic amines) is 1. The summed E-state index contributed by atoms with van der Waals surface area (Å²) in [5.74, 6) is 1.03. The van der Waals surface area contributed by atoms with Gasteiger partial charge in [-0.15, -0.1) is 0 Å². The van der Waals surface area contributed by atoms with E-state index in [0.29, 0.717) is 17.9 Å². The Hall–Kier alpha value is -1.35. The Morgan fingerprint density at radius 3 is 2.75 bits per heavy atom. The molecule has 2 saturated heterocycles. The standard InChI is InChI=1S/C17H24N2O/c1-12-6-3-4-7-15(12)16-8-5-9-19(16)17(20)13(2)14-10-18-11-14/h3-4,6-7,13-14,16,18H,5,8-11H2,1-2H3. The first-order valence-corrected chi connectivity index (χ1v) is 7.75. The van der Waals surface area contributed by atoms with Crippen LogP contribution < -0.4 is 5.32 Å². The normalized spacial score (nSPS) is 24.5. The van der Waals surface area contributed by atoms with Crippen LogP contribution in [0.4, 0.5) is 0 Å². The van der Waals surface area contributed by atoms with E-state index in [1.54, 1.807) is 0 Å². The maximum Gasteiger partial charge on any atom is 0.226 e. The van der Waals surface area contributed by atoms with Crippen molar-refractivity contribution in [3.05, 3.63) is 35.4 Å². The van der Waals surface area contributed by atoms with E-state index in [0.717, 1.165) is 32.5 Å². The Morgan fingerprint density at radius 1 is 1.35 bits per heavy atom. The number of hydrogen-bond acceptors (Lipinski definition) is 2. The minimum atomic E-state index is 0.154. The number of rotatable bonds is 3. The number of nitrogens with one attached hydrogen (secondary N) is 1. The third-order valence-electron chi connectivity index (χ3n) is 4.99. The van der Waals surface area contributed by atoms with Crippen LogP contribution in [-0.2, 0) is 4.79 Å². The fourth-order valence-corrected chi connectivity index (χ4v) is 3.44. The first-order valence-electron chi connectivity index (χ1n) is 7.75. The van der Waals surface area contributed by atoms with Gasteiger partial charge in [0.1, 0.15) is 0 Å². The third kappa shape index (κ3) is 2.35. The van der Waals surface area contributed by atoms with Gasteiger partial charge < -0.3 is 10.2 Å². The molecule has 2 aliphatic rings. The zero-order valence-corrected chi connectivity index (χ0v) is 12.4. The highest BCUT2D eigenvalue weighted by Crippen LogP contribution is 2.35. The maximum atomic E-state index is 12.8. The van der Waals surface area contributed by atoms with E-state index >= 15 is 0 Å². The molecule has 0 aromatic heterocycles.